The lowest BCUT2D eigenvalue weighted by Gasteiger charge is -2.11. The number of ether oxygens (including phenoxy) is 1. The normalized spacial score (nSPS) is 14.2. The Balaban J connectivity index is 1.57. The van der Waals surface area contributed by atoms with Crippen LogP contribution in [-0.4, -0.2) is 29.0 Å². The van der Waals surface area contributed by atoms with Gasteiger partial charge >= 0.3 is 16.6 Å². The van der Waals surface area contributed by atoms with Gasteiger partial charge in [-0.1, -0.05) is 24.6 Å². The molecule has 1 aliphatic rings. The van der Waals surface area contributed by atoms with Crippen LogP contribution in [0.3, 0.4) is 0 Å². The maximum Gasteiger partial charge on any atom is 0.442 e. The Kier molecular flexibility index (Phi) is 7.34. The van der Waals surface area contributed by atoms with Crippen LogP contribution in [0.4, 0.5) is 5.00 Å². The molecule has 3 aromatic rings. The van der Waals surface area contributed by atoms with Crippen molar-refractivity contribution in [1.29, 1.82) is 0 Å². The molecule has 10 heteroatoms. The molecule has 0 aliphatic heterocycles. The van der Waals surface area contributed by atoms with E-state index in [1.165, 1.54) is 16.0 Å². The molecule has 1 amide bonds. The lowest BCUT2D eigenvalue weighted by atomic mass is 10.1. The highest BCUT2D eigenvalue weighted by molar-refractivity contribution is 8.00. The smallest absolute Gasteiger partial charge is 0.442 e. The number of carbonyl (C=O) groups is 2. The van der Waals surface area contributed by atoms with Gasteiger partial charge in [-0.3, -0.25) is 9.32 Å². The van der Waals surface area contributed by atoms with E-state index < -0.39 is 16.8 Å². The molecule has 174 valence electrons. The molecule has 8 nitrogen and oxygen atoms in total. The highest BCUT2D eigenvalue weighted by atomic mass is 32.2. The zero-order valence-electron chi connectivity index (χ0n) is 18.5. The zero-order chi connectivity index (χ0) is 23.4. The number of thioether (sulfide) groups is 1. The number of anilines is 1. The first kappa shape index (κ1) is 23.3. The van der Waals surface area contributed by atoms with Crippen LogP contribution in [0.2, 0.25) is 0 Å². The van der Waals surface area contributed by atoms with Crippen molar-refractivity contribution in [3.05, 3.63) is 56.8 Å². The molecular formula is C23H26N3O5S2+. The minimum atomic E-state index is -0.615. The van der Waals surface area contributed by atoms with Gasteiger partial charge in [0.1, 0.15) is 5.00 Å². The van der Waals surface area contributed by atoms with Gasteiger partial charge in [-0.2, -0.15) is 0 Å². The summed E-state index contributed by atoms with van der Waals surface area (Å²) in [6.07, 6.45) is 4.91. The fraction of sp³-hybridized carbons (Fsp3) is 0.391. The Labute approximate surface area is 199 Å². The van der Waals surface area contributed by atoms with Gasteiger partial charge in [-0.05, 0) is 66.8 Å². The number of benzene rings is 1. The standard InChI is InChI=1S/C23H25N3O5S2/c1-3-30-22(28)18-16-12-8-5-9-13-17(16)33-20(18)24-19(27)14(2)32-21-23(29)31-25-26(21)15-10-6-4-7-11-15/h4,6-7,10-11,14H,3,5,8-9,12-13H2,1-2H3,(H-,24,25,27,28,29)/p+1. The topological polar surface area (TPSA) is 105 Å². The van der Waals surface area contributed by atoms with Crippen LogP contribution in [0.5, 0.6) is 0 Å². The number of esters is 1. The van der Waals surface area contributed by atoms with Crippen LogP contribution in [0.1, 0.15) is 53.9 Å². The average Bonchev–Trinajstić information content (AvgIpc) is 3.25. The van der Waals surface area contributed by atoms with E-state index in [0.717, 1.165) is 54.3 Å². The Bertz CT molecular complexity index is 1200. The molecule has 0 fully saturated rings. The molecule has 1 aromatic carbocycles. The Morgan fingerprint density at radius 2 is 2.00 bits per heavy atom. The highest BCUT2D eigenvalue weighted by Gasteiger charge is 2.31. The molecule has 1 unspecified atom stereocenters. The van der Waals surface area contributed by atoms with Crippen LogP contribution in [0, 0.1) is 0 Å². The maximum atomic E-state index is 13.1. The van der Waals surface area contributed by atoms with Gasteiger partial charge < -0.3 is 10.1 Å². The first-order chi connectivity index (χ1) is 16.0. The van der Waals surface area contributed by atoms with Crippen LogP contribution in [0.25, 0.3) is 5.69 Å². The SMILES string of the molecule is CCOC(=O)c1c(NC(=O)C(C)Sc2c(=O)o[nH][n+]2-c2ccccc2)sc2c1CCCCC2. The third-order valence-electron chi connectivity index (χ3n) is 5.42. The van der Waals surface area contributed by atoms with Gasteiger partial charge in [0.2, 0.25) is 11.6 Å². The first-order valence-electron chi connectivity index (χ1n) is 11.0. The fourth-order valence-corrected chi connectivity index (χ4v) is 5.96. The van der Waals surface area contributed by atoms with Crippen molar-refractivity contribution < 1.29 is 23.5 Å². The summed E-state index contributed by atoms with van der Waals surface area (Å²) in [5.74, 6) is -0.706. The van der Waals surface area contributed by atoms with Crippen molar-refractivity contribution in [2.75, 3.05) is 11.9 Å². The largest absolute Gasteiger partial charge is 0.462 e. The molecule has 1 aliphatic carbocycles. The van der Waals surface area contributed by atoms with Gasteiger partial charge in [0.15, 0.2) is 0 Å². The fourth-order valence-electron chi connectivity index (χ4n) is 3.80. The lowest BCUT2D eigenvalue weighted by molar-refractivity contribution is -0.704. The number of nitrogens with zero attached hydrogens (tertiary/aromatic N) is 1. The van der Waals surface area contributed by atoms with E-state index in [9.17, 15) is 14.4 Å². The van der Waals surface area contributed by atoms with E-state index in [-0.39, 0.29) is 17.5 Å². The number of thiophene rings is 1. The summed E-state index contributed by atoms with van der Waals surface area (Å²) in [6, 6.07) is 9.20. The monoisotopic (exact) mass is 488 g/mol. The third kappa shape index (κ3) is 5.06. The molecule has 0 saturated heterocycles. The number of aryl methyl sites for hydroxylation is 1. The highest BCUT2D eigenvalue weighted by Crippen LogP contribution is 2.38. The predicted molar refractivity (Wildman–Crippen MR) is 126 cm³/mol. The van der Waals surface area contributed by atoms with Gasteiger partial charge in [-0.25, -0.2) is 9.59 Å². The molecule has 0 saturated carbocycles. The van der Waals surface area contributed by atoms with Crippen molar-refractivity contribution in [3.63, 3.8) is 0 Å². The number of para-hydroxylation sites is 1. The molecule has 0 radical (unpaired) electrons. The second-order valence-electron chi connectivity index (χ2n) is 7.70. The van der Waals surface area contributed by atoms with Crippen LogP contribution < -0.4 is 15.6 Å². The number of hydrogen-bond acceptors (Lipinski definition) is 7. The number of aromatic amines is 1. The summed E-state index contributed by atoms with van der Waals surface area (Å²) in [4.78, 5) is 39.2. The molecule has 4 rings (SSSR count). The van der Waals surface area contributed by atoms with Gasteiger partial charge in [0.25, 0.3) is 0 Å². The van der Waals surface area contributed by atoms with E-state index >= 15 is 0 Å². The summed E-state index contributed by atoms with van der Waals surface area (Å²) < 4.78 is 11.8. The summed E-state index contributed by atoms with van der Waals surface area (Å²) in [5.41, 5.74) is 1.63. The van der Waals surface area contributed by atoms with E-state index in [1.807, 2.05) is 30.3 Å². The Morgan fingerprint density at radius 1 is 1.24 bits per heavy atom. The van der Waals surface area contributed by atoms with Crippen molar-refractivity contribution in [3.8, 4) is 5.69 Å². The van der Waals surface area contributed by atoms with E-state index in [1.54, 1.807) is 13.8 Å². The summed E-state index contributed by atoms with van der Waals surface area (Å²) >= 11 is 2.54. The van der Waals surface area contributed by atoms with Gasteiger partial charge in [0, 0.05) is 17.0 Å². The predicted octanol–water partition coefficient (Wildman–Crippen LogP) is 3.87. The van der Waals surface area contributed by atoms with Crippen LogP contribution in [0.15, 0.2) is 44.7 Å². The molecule has 2 aromatic heterocycles. The van der Waals surface area contributed by atoms with Crippen LogP contribution in [-0.2, 0) is 22.4 Å². The second kappa shape index (κ2) is 10.4. The van der Waals surface area contributed by atoms with Crippen molar-refractivity contribution in [2.45, 2.75) is 56.2 Å². The van der Waals surface area contributed by atoms with Crippen LogP contribution >= 0.6 is 23.1 Å². The molecule has 33 heavy (non-hydrogen) atoms. The second-order valence-corrected chi connectivity index (χ2v) is 10.1. The molecule has 0 bridgehead atoms. The number of fused-ring (bicyclic) bond motifs is 1. The lowest BCUT2D eigenvalue weighted by Crippen LogP contribution is -2.37. The summed E-state index contributed by atoms with van der Waals surface area (Å²) in [7, 11) is 0. The zero-order valence-corrected chi connectivity index (χ0v) is 20.1. The number of nitrogens with one attached hydrogen (secondary N) is 2. The van der Waals surface area contributed by atoms with E-state index in [2.05, 4.69) is 10.6 Å². The Hall–Kier alpha value is -2.85. The minimum Gasteiger partial charge on any atom is -0.462 e. The number of carbonyl (C=O) groups excluding carboxylic acids is 2. The number of aromatic nitrogens is 2. The summed E-state index contributed by atoms with van der Waals surface area (Å²) in [6.45, 7) is 3.75. The third-order valence-corrected chi connectivity index (χ3v) is 7.76. The van der Waals surface area contributed by atoms with Gasteiger partial charge in [0.05, 0.1) is 17.4 Å². The van der Waals surface area contributed by atoms with Crippen molar-refractivity contribution in [1.82, 2.24) is 5.27 Å². The molecule has 0 spiro atoms. The quantitative estimate of drug-likeness (QED) is 0.226. The number of H-pyrrole nitrogens is 1. The number of hydrogen-bond donors (Lipinski definition) is 2. The molecule has 2 heterocycles. The number of amides is 1. The molecule has 1 atom stereocenters. The van der Waals surface area contributed by atoms with Crippen molar-refractivity contribution in [2.24, 2.45) is 0 Å². The maximum absolute atomic E-state index is 13.1. The first-order valence-corrected chi connectivity index (χ1v) is 12.7. The van der Waals surface area contributed by atoms with Gasteiger partial charge in [-0.15, -0.1) is 11.3 Å². The minimum absolute atomic E-state index is 0.261. The molecular weight excluding hydrogens is 462 g/mol. The van der Waals surface area contributed by atoms with E-state index in [0.29, 0.717) is 16.3 Å². The average molecular weight is 489 g/mol. The Morgan fingerprint density at radius 3 is 2.76 bits per heavy atom. The summed E-state index contributed by atoms with van der Waals surface area (Å²) in [5, 5.41) is 5.67. The number of rotatable bonds is 7. The molecule has 2 N–H and O–H groups in total. The van der Waals surface area contributed by atoms with E-state index in [4.69, 9.17) is 9.26 Å². The van der Waals surface area contributed by atoms with Crippen molar-refractivity contribution >= 4 is 40.0 Å².